The van der Waals surface area contributed by atoms with Gasteiger partial charge in [0.1, 0.15) is 0 Å². The maximum absolute atomic E-state index is 10.8. The van der Waals surface area contributed by atoms with E-state index in [0.717, 1.165) is 5.39 Å². The molecule has 0 saturated heterocycles. The number of hydrogen-bond donors (Lipinski definition) is 1. The van der Waals surface area contributed by atoms with E-state index in [9.17, 15) is 4.79 Å². The van der Waals surface area contributed by atoms with Crippen molar-refractivity contribution in [3.63, 3.8) is 0 Å². The summed E-state index contributed by atoms with van der Waals surface area (Å²) in [5.41, 5.74) is 1.22. The highest BCUT2D eigenvalue weighted by Crippen LogP contribution is 2.16. The van der Waals surface area contributed by atoms with Crippen molar-refractivity contribution in [2.24, 2.45) is 0 Å². The molecular formula is C11H9N3O. The van der Waals surface area contributed by atoms with Gasteiger partial charge in [-0.15, -0.1) is 0 Å². The van der Waals surface area contributed by atoms with Crippen molar-refractivity contribution >= 4 is 22.8 Å². The number of rotatable bonds is 1. The van der Waals surface area contributed by atoms with Gasteiger partial charge in [0.25, 0.3) is 0 Å². The second-order valence-corrected chi connectivity index (χ2v) is 3.16. The van der Waals surface area contributed by atoms with Gasteiger partial charge in [0.15, 0.2) is 0 Å². The van der Waals surface area contributed by atoms with Crippen LogP contribution in [0.2, 0.25) is 0 Å². The molecule has 0 bridgehead atoms. The molecule has 0 spiro atoms. The maximum atomic E-state index is 10.8. The Hall–Kier alpha value is -1.97. The van der Waals surface area contributed by atoms with Crippen LogP contribution in [-0.2, 0) is 4.79 Å². The summed E-state index contributed by atoms with van der Waals surface area (Å²) in [6.45, 7) is 7.16. The molecule has 2 rings (SSSR count). The van der Waals surface area contributed by atoms with Gasteiger partial charge in [0, 0.05) is 25.4 Å². The zero-order chi connectivity index (χ0) is 10.8. The highest BCUT2D eigenvalue weighted by atomic mass is 16.1. The third-order valence-corrected chi connectivity index (χ3v) is 1.93. The summed E-state index contributed by atoms with van der Waals surface area (Å²) >= 11 is 0. The fourth-order valence-corrected chi connectivity index (χ4v) is 1.30. The number of aromatic nitrogens is 2. The highest BCUT2D eigenvalue weighted by molar-refractivity contribution is 5.89. The van der Waals surface area contributed by atoms with Gasteiger partial charge in [0.2, 0.25) is 11.9 Å². The first-order valence-electron chi connectivity index (χ1n) is 4.45. The predicted molar refractivity (Wildman–Crippen MR) is 57.2 cm³/mol. The van der Waals surface area contributed by atoms with Crippen LogP contribution in [0.3, 0.4) is 0 Å². The fraction of sp³-hybridized carbons (Fsp3) is 0.0909. The first-order valence-corrected chi connectivity index (χ1v) is 4.45. The number of hydrogen-bond acceptors (Lipinski definition) is 3. The summed E-state index contributed by atoms with van der Waals surface area (Å²) in [7, 11) is 0. The molecular weight excluding hydrogens is 190 g/mol. The summed E-state index contributed by atoms with van der Waals surface area (Å²) in [5.74, 6) is 0.0664. The number of benzene rings is 1. The molecule has 0 aliphatic rings. The molecule has 0 atom stereocenters. The zero-order valence-corrected chi connectivity index (χ0v) is 8.19. The maximum Gasteiger partial charge on any atom is 0.229 e. The van der Waals surface area contributed by atoms with Crippen LogP contribution in [0.4, 0.5) is 5.95 Å². The highest BCUT2D eigenvalue weighted by Gasteiger charge is 2.02. The molecule has 0 aliphatic heterocycles. The van der Waals surface area contributed by atoms with Gasteiger partial charge in [-0.2, -0.15) is 0 Å². The topological polar surface area (TPSA) is 54.9 Å². The van der Waals surface area contributed by atoms with Crippen LogP contribution in [0, 0.1) is 6.92 Å². The average molecular weight is 199 g/mol. The lowest BCUT2D eigenvalue weighted by atomic mass is 10.1. The van der Waals surface area contributed by atoms with E-state index in [2.05, 4.69) is 15.3 Å². The standard InChI is InChI=1S/C11H9N3O/c1-7-4-3-5-9-6-12-11(13-8(2)15)14-10(7)9/h1,3-6H,2H3,(H,12,13,14,15). The van der Waals surface area contributed by atoms with Crippen LogP contribution in [-0.4, -0.2) is 15.9 Å². The lowest BCUT2D eigenvalue weighted by Gasteiger charge is -2.03. The number of carbonyl (C=O) groups excluding carboxylic acids is 1. The van der Waals surface area contributed by atoms with Crippen molar-refractivity contribution in [2.75, 3.05) is 5.32 Å². The molecule has 2 radical (unpaired) electrons. The van der Waals surface area contributed by atoms with Crippen molar-refractivity contribution < 1.29 is 4.79 Å². The molecule has 1 aromatic heterocycles. The van der Waals surface area contributed by atoms with Crippen LogP contribution in [0.15, 0.2) is 24.4 Å². The Bertz CT molecular complexity index is 522. The van der Waals surface area contributed by atoms with Crippen molar-refractivity contribution in [3.05, 3.63) is 36.9 Å². The molecule has 0 unspecified atom stereocenters. The molecule has 0 aliphatic carbocycles. The van der Waals surface area contributed by atoms with Crippen molar-refractivity contribution in [3.8, 4) is 0 Å². The molecule has 0 fully saturated rings. The predicted octanol–water partition coefficient (Wildman–Crippen LogP) is 1.65. The lowest BCUT2D eigenvalue weighted by molar-refractivity contribution is -0.114. The normalized spacial score (nSPS) is 10.3. The summed E-state index contributed by atoms with van der Waals surface area (Å²) in [6, 6.07) is 5.45. The SMILES string of the molecule is [CH]c1cccc2cnc(NC(C)=O)nc12. The molecule has 15 heavy (non-hydrogen) atoms. The van der Waals surface area contributed by atoms with Crippen LogP contribution < -0.4 is 5.32 Å². The second kappa shape index (κ2) is 3.65. The minimum absolute atomic E-state index is 0.205. The third-order valence-electron chi connectivity index (χ3n) is 1.93. The zero-order valence-electron chi connectivity index (χ0n) is 8.19. The van der Waals surface area contributed by atoms with E-state index >= 15 is 0 Å². The number of para-hydroxylation sites is 1. The smallest absolute Gasteiger partial charge is 0.229 e. The van der Waals surface area contributed by atoms with E-state index in [1.165, 1.54) is 6.92 Å². The summed E-state index contributed by atoms with van der Waals surface area (Å²) < 4.78 is 0. The molecule has 2 aromatic rings. The van der Waals surface area contributed by atoms with Crippen LogP contribution in [0.25, 0.3) is 10.9 Å². The van der Waals surface area contributed by atoms with E-state index in [0.29, 0.717) is 11.1 Å². The molecule has 1 N–H and O–H groups in total. The van der Waals surface area contributed by atoms with Gasteiger partial charge in [0.05, 0.1) is 5.52 Å². The molecule has 4 nitrogen and oxygen atoms in total. The van der Waals surface area contributed by atoms with Gasteiger partial charge in [-0.05, 0) is 5.56 Å². The Labute approximate surface area is 87.4 Å². The molecule has 1 amide bonds. The first kappa shape index (κ1) is 9.58. The summed E-state index contributed by atoms with van der Waals surface area (Å²) in [6.07, 6.45) is 1.63. The monoisotopic (exact) mass is 199 g/mol. The Morgan fingerprint density at radius 2 is 2.27 bits per heavy atom. The Morgan fingerprint density at radius 3 is 3.00 bits per heavy atom. The van der Waals surface area contributed by atoms with E-state index in [1.807, 2.05) is 12.1 Å². The summed E-state index contributed by atoms with van der Waals surface area (Å²) in [5, 5.41) is 3.36. The number of fused-ring (bicyclic) bond motifs is 1. The largest absolute Gasteiger partial charge is 0.295 e. The first-order chi connectivity index (χ1) is 7.16. The van der Waals surface area contributed by atoms with Crippen molar-refractivity contribution in [1.82, 2.24) is 9.97 Å². The van der Waals surface area contributed by atoms with Crippen LogP contribution >= 0.6 is 0 Å². The molecule has 1 heterocycles. The Morgan fingerprint density at radius 1 is 1.47 bits per heavy atom. The minimum atomic E-state index is -0.205. The number of nitrogens with zero attached hydrogens (tertiary/aromatic N) is 2. The average Bonchev–Trinajstić information content (AvgIpc) is 2.18. The van der Waals surface area contributed by atoms with E-state index < -0.39 is 0 Å². The van der Waals surface area contributed by atoms with Crippen molar-refractivity contribution in [2.45, 2.75) is 6.92 Å². The summed E-state index contributed by atoms with van der Waals surface area (Å²) in [4.78, 5) is 18.9. The Balaban J connectivity index is 2.54. The van der Waals surface area contributed by atoms with Gasteiger partial charge < -0.3 is 0 Å². The van der Waals surface area contributed by atoms with Gasteiger partial charge in [-0.25, -0.2) is 9.97 Å². The third kappa shape index (κ3) is 1.93. The molecule has 4 heteroatoms. The van der Waals surface area contributed by atoms with Gasteiger partial charge in [-0.1, -0.05) is 18.2 Å². The number of carbonyl (C=O) groups is 1. The second-order valence-electron chi connectivity index (χ2n) is 3.16. The minimum Gasteiger partial charge on any atom is -0.295 e. The van der Waals surface area contributed by atoms with E-state index in [1.54, 1.807) is 12.3 Å². The molecule has 74 valence electrons. The quantitative estimate of drug-likeness (QED) is 0.759. The number of nitrogens with one attached hydrogen (secondary N) is 1. The van der Waals surface area contributed by atoms with Gasteiger partial charge >= 0.3 is 0 Å². The Kier molecular flexibility index (Phi) is 2.33. The van der Waals surface area contributed by atoms with Crippen LogP contribution in [0.5, 0.6) is 0 Å². The number of amides is 1. The van der Waals surface area contributed by atoms with E-state index in [-0.39, 0.29) is 11.9 Å². The van der Waals surface area contributed by atoms with Gasteiger partial charge in [-0.3, -0.25) is 10.1 Å². The fourth-order valence-electron chi connectivity index (χ4n) is 1.30. The van der Waals surface area contributed by atoms with Crippen LogP contribution in [0.1, 0.15) is 12.5 Å². The van der Waals surface area contributed by atoms with E-state index in [4.69, 9.17) is 6.92 Å². The number of anilines is 1. The molecule has 1 aromatic carbocycles. The lowest BCUT2D eigenvalue weighted by Crippen LogP contribution is -2.09. The molecule has 0 saturated carbocycles. The van der Waals surface area contributed by atoms with Crippen molar-refractivity contribution in [1.29, 1.82) is 0 Å².